The van der Waals surface area contributed by atoms with E-state index in [9.17, 15) is 23.1 Å². The van der Waals surface area contributed by atoms with Gasteiger partial charge in [0.15, 0.2) is 0 Å². The first-order valence-electron chi connectivity index (χ1n) is 11.0. The number of benzene rings is 1. The SMILES string of the molecule is CCCOc1ccc(S(=O)(=O)NC(CCCN)C(=O)O)cc1-c1nc(CC)c(CC)c(=O)[nH]1. The van der Waals surface area contributed by atoms with E-state index in [2.05, 4.69) is 14.7 Å². The molecule has 10 nitrogen and oxygen atoms in total. The molecule has 0 saturated heterocycles. The molecule has 0 bridgehead atoms. The lowest BCUT2D eigenvalue weighted by atomic mass is 10.1. The van der Waals surface area contributed by atoms with E-state index in [0.717, 1.165) is 6.42 Å². The van der Waals surface area contributed by atoms with Gasteiger partial charge >= 0.3 is 5.97 Å². The fourth-order valence-corrected chi connectivity index (χ4v) is 4.59. The quantitative estimate of drug-likeness (QED) is 0.337. The lowest BCUT2D eigenvalue weighted by molar-refractivity contribution is -0.139. The summed E-state index contributed by atoms with van der Waals surface area (Å²) in [6.45, 7) is 6.31. The predicted octanol–water partition coefficient (Wildman–Crippen LogP) is 1.82. The van der Waals surface area contributed by atoms with E-state index < -0.39 is 22.0 Å². The number of hydrogen-bond donors (Lipinski definition) is 4. The molecule has 0 aliphatic rings. The summed E-state index contributed by atoms with van der Waals surface area (Å²) in [6, 6.07) is 2.83. The van der Waals surface area contributed by atoms with E-state index in [1.165, 1.54) is 18.2 Å². The largest absolute Gasteiger partial charge is 0.493 e. The normalized spacial score (nSPS) is 12.5. The molecule has 0 aliphatic carbocycles. The number of hydrogen-bond acceptors (Lipinski definition) is 7. The van der Waals surface area contributed by atoms with Crippen LogP contribution in [0.15, 0.2) is 27.9 Å². The third kappa shape index (κ3) is 6.62. The second-order valence-corrected chi connectivity index (χ2v) is 9.21. The summed E-state index contributed by atoms with van der Waals surface area (Å²) in [5, 5.41) is 9.38. The Bertz CT molecular complexity index is 1130. The van der Waals surface area contributed by atoms with Crippen LogP contribution in [0.3, 0.4) is 0 Å². The smallest absolute Gasteiger partial charge is 0.321 e. The molecule has 1 atom stereocenters. The number of aromatic nitrogens is 2. The van der Waals surface area contributed by atoms with E-state index in [0.29, 0.717) is 48.4 Å². The number of aryl methyl sites for hydroxylation is 1. The zero-order chi connectivity index (χ0) is 24.6. The molecular weight excluding hydrogens is 448 g/mol. The summed E-state index contributed by atoms with van der Waals surface area (Å²) < 4.78 is 33.9. The highest BCUT2D eigenvalue weighted by molar-refractivity contribution is 7.89. The van der Waals surface area contributed by atoms with Crippen molar-refractivity contribution < 1.29 is 23.1 Å². The fraction of sp³-hybridized carbons (Fsp3) is 0.500. The van der Waals surface area contributed by atoms with Crippen LogP contribution >= 0.6 is 0 Å². The Morgan fingerprint density at radius 2 is 2.00 bits per heavy atom. The maximum Gasteiger partial charge on any atom is 0.321 e. The Kier molecular flexibility index (Phi) is 9.56. The van der Waals surface area contributed by atoms with Gasteiger partial charge in [-0.05, 0) is 56.8 Å². The summed E-state index contributed by atoms with van der Waals surface area (Å²) in [5.74, 6) is -0.734. The average molecular weight is 481 g/mol. The molecular formula is C22H32N4O6S. The molecule has 1 unspecified atom stereocenters. The number of carbonyl (C=O) groups is 1. The molecule has 2 aromatic rings. The Morgan fingerprint density at radius 1 is 1.27 bits per heavy atom. The Morgan fingerprint density at radius 3 is 2.58 bits per heavy atom. The predicted molar refractivity (Wildman–Crippen MR) is 125 cm³/mol. The molecule has 0 radical (unpaired) electrons. The van der Waals surface area contributed by atoms with Gasteiger partial charge in [-0.15, -0.1) is 0 Å². The van der Waals surface area contributed by atoms with Gasteiger partial charge in [-0.3, -0.25) is 9.59 Å². The number of carboxylic acids is 1. The van der Waals surface area contributed by atoms with Crippen molar-refractivity contribution in [2.75, 3.05) is 13.2 Å². The number of ether oxygens (including phenoxy) is 1. The van der Waals surface area contributed by atoms with Crippen LogP contribution in [0.5, 0.6) is 5.75 Å². The van der Waals surface area contributed by atoms with Crippen molar-refractivity contribution in [3.63, 3.8) is 0 Å². The van der Waals surface area contributed by atoms with Crippen LogP contribution in [0, 0.1) is 0 Å². The van der Waals surface area contributed by atoms with Crippen molar-refractivity contribution in [1.82, 2.24) is 14.7 Å². The number of H-pyrrole nitrogens is 1. The topological polar surface area (TPSA) is 164 Å². The summed E-state index contributed by atoms with van der Waals surface area (Å²) >= 11 is 0. The molecule has 0 aliphatic heterocycles. The molecule has 1 aromatic carbocycles. The highest BCUT2D eigenvalue weighted by atomic mass is 32.2. The van der Waals surface area contributed by atoms with E-state index in [1.807, 2.05) is 20.8 Å². The molecule has 2 rings (SSSR count). The zero-order valence-electron chi connectivity index (χ0n) is 19.2. The summed E-state index contributed by atoms with van der Waals surface area (Å²) in [7, 11) is -4.19. The number of rotatable bonds is 13. The number of aromatic amines is 1. The summed E-state index contributed by atoms with van der Waals surface area (Å²) in [6.07, 6.45) is 2.18. The second-order valence-electron chi connectivity index (χ2n) is 7.50. The van der Waals surface area contributed by atoms with Gasteiger partial charge < -0.3 is 20.6 Å². The van der Waals surface area contributed by atoms with Crippen LogP contribution in [-0.4, -0.2) is 48.7 Å². The molecule has 1 heterocycles. The highest BCUT2D eigenvalue weighted by Gasteiger charge is 2.26. The number of nitrogens with two attached hydrogens (primary N) is 1. The van der Waals surface area contributed by atoms with Crippen LogP contribution in [0.4, 0.5) is 0 Å². The molecule has 0 amide bonds. The van der Waals surface area contributed by atoms with Crippen molar-refractivity contribution in [2.45, 2.75) is 63.8 Å². The minimum Gasteiger partial charge on any atom is -0.493 e. The maximum absolute atomic E-state index is 13.0. The van der Waals surface area contributed by atoms with Crippen molar-refractivity contribution in [1.29, 1.82) is 0 Å². The van der Waals surface area contributed by atoms with Gasteiger partial charge in [0.1, 0.15) is 17.6 Å². The van der Waals surface area contributed by atoms with Crippen molar-refractivity contribution >= 4 is 16.0 Å². The number of carboxylic acid groups (broad SMARTS) is 1. The van der Waals surface area contributed by atoms with E-state index in [4.69, 9.17) is 10.5 Å². The van der Waals surface area contributed by atoms with Gasteiger partial charge in [0.05, 0.1) is 22.8 Å². The summed E-state index contributed by atoms with van der Waals surface area (Å²) in [4.78, 5) is 31.2. The van der Waals surface area contributed by atoms with Gasteiger partial charge in [0.2, 0.25) is 10.0 Å². The van der Waals surface area contributed by atoms with E-state index in [1.54, 1.807) is 0 Å². The number of nitrogens with zero attached hydrogens (tertiary/aromatic N) is 1. The van der Waals surface area contributed by atoms with Crippen molar-refractivity contribution in [2.24, 2.45) is 5.73 Å². The first-order chi connectivity index (χ1) is 15.7. The van der Waals surface area contributed by atoms with Crippen LogP contribution in [0.25, 0.3) is 11.4 Å². The molecule has 182 valence electrons. The lowest BCUT2D eigenvalue weighted by Crippen LogP contribution is -2.41. The van der Waals surface area contributed by atoms with E-state index >= 15 is 0 Å². The van der Waals surface area contributed by atoms with Gasteiger partial charge in [-0.2, -0.15) is 4.72 Å². The molecule has 11 heteroatoms. The second kappa shape index (κ2) is 11.9. The third-order valence-corrected chi connectivity index (χ3v) is 6.53. The van der Waals surface area contributed by atoms with Crippen LogP contribution in [-0.2, 0) is 27.7 Å². The average Bonchev–Trinajstić information content (AvgIpc) is 2.79. The third-order valence-electron chi connectivity index (χ3n) is 5.06. The van der Waals surface area contributed by atoms with Crippen LogP contribution < -0.4 is 20.8 Å². The first-order valence-corrected chi connectivity index (χ1v) is 12.5. The zero-order valence-corrected chi connectivity index (χ0v) is 20.0. The fourth-order valence-electron chi connectivity index (χ4n) is 3.34. The standard InChI is InChI=1S/C22H32N4O6S/c1-4-12-32-19-10-9-14(33(30,31)26-18(22(28)29)8-7-11-23)13-16(19)20-24-17(6-3)15(5-2)21(27)25-20/h9-10,13,18,26H,4-8,11-12,23H2,1-3H3,(H,28,29)(H,24,25,27). The minimum atomic E-state index is -4.19. The van der Waals surface area contributed by atoms with Gasteiger partial charge in [0, 0.05) is 5.56 Å². The monoisotopic (exact) mass is 480 g/mol. The van der Waals surface area contributed by atoms with Crippen molar-refractivity contribution in [3.05, 3.63) is 39.8 Å². The minimum absolute atomic E-state index is 0.0584. The number of sulfonamides is 1. The van der Waals surface area contributed by atoms with Crippen molar-refractivity contribution in [3.8, 4) is 17.1 Å². The number of aliphatic carboxylic acids is 1. The van der Waals surface area contributed by atoms with Gasteiger partial charge in [0.25, 0.3) is 5.56 Å². The van der Waals surface area contributed by atoms with Gasteiger partial charge in [-0.1, -0.05) is 20.8 Å². The summed E-state index contributed by atoms with van der Waals surface area (Å²) in [5.41, 5.74) is 6.64. The molecule has 33 heavy (non-hydrogen) atoms. The number of nitrogens with one attached hydrogen (secondary N) is 2. The highest BCUT2D eigenvalue weighted by Crippen LogP contribution is 2.31. The van der Waals surface area contributed by atoms with Crippen LogP contribution in [0.2, 0.25) is 0 Å². The molecule has 5 N–H and O–H groups in total. The Hall–Kier alpha value is -2.76. The molecule has 1 aromatic heterocycles. The Balaban J connectivity index is 2.59. The van der Waals surface area contributed by atoms with Crippen LogP contribution in [0.1, 0.15) is 51.3 Å². The first kappa shape index (κ1) is 26.5. The molecule has 0 fully saturated rings. The van der Waals surface area contributed by atoms with E-state index in [-0.39, 0.29) is 29.2 Å². The molecule has 0 spiro atoms. The Labute approximate surface area is 193 Å². The molecule has 0 saturated carbocycles. The maximum atomic E-state index is 13.0. The lowest BCUT2D eigenvalue weighted by Gasteiger charge is -2.17. The van der Waals surface area contributed by atoms with Gasteiger partial charge in [-0.25, -0.2) is 13.4 Å².